The highest BCUT2D eigenvalue weighted by molar-refractivity contribution is 5.66. The van der Waals surface area contributed by atoms with Gasteiger partial charge in [0.1, 0.15) is 0 Å². The van der Waals surface area contributed by atoms with E-state index in [1.807, 2.05) is 0 Å². The maximum Gasteiger partial charge on any atom is 0.00646 e. The second-order valence-corrected chi connectivity index (χ2v) is 5.48. The van der Waals surface area contributed by atoms with Gasteiger partial charge in [0.15, 0.2) is 0 Å². The molecule has 0 radical (unpaired) electrons. The Morgan fingerprint density at radius 2 is 1.68 bits per heavy atom. The minimum atomic E-state index is 0.566. The summed E-state index contributed by atoms with van der Waals surface area (Å²) in [6.45, 7) is 0. The quantitative estimate of drug-likeness (QED) is 0.710. The van der Waals surface area contributed by atoms with Crippen molar-refractivity contribution in [3.8, 4) is 0 Å². The van der Waals surface area contributed by atoms with Gasteiger partial charge in [-0.1, -0.05) is 72.3 Å². The Morgan fingerprint density at radius 1 is 0.895 bits per heavy atom. The SMILES string of the molecule is C1=CC(CC2=Cc3ccccc3C2)c2ccccc21. The number of hydrogen-bond donors (Lipinski definition) is 0. The largest absolute Gasteiger partial charge is 0.0761 e. The molecule has 92 valence electrons. The molecule has 1 atom stereocenters. The molecule has 2 aliphatic rings. The fourth-order valence-electron chi connectivity index (χ4n) is 3.27. The van der Waals surface area contributed by atoms with E-state index < -0.39 is 0 Å². The van der Waals surface area contributed by atoms with Gasteiger partial charge >= 0.3 is 0 Å². The molecule has 0 saturated heterocycles. The molecule has 0 heterocycles. The zero-order valence-electron chi connectivity index (χ0n) is 10.8. The molecule has 19 heavy (non-hydrogen) atoms. The predicted octanol–water partition coefficient (Wildman–Crippen LogP) is 4.83. The van der Waals surface area contributed by atoms with Gasteiger partial charge in [0, 0.05) is 5.92 Å². The second-order valence-electron chi connectivity index (χ2n) is 5.48. The van der Waals surface area contributed by atoms with E-state index in [0.717, 1.165) is 12.8 Å². The van der Waals surface area contributed by atoms with Crippen molar-refractivity contribution in [1.29, 1.82) is 0 Å². The Balaban J connectivity index is 1.58. The molecule has 2 aromatic rings. The number of hydrogen-bond acceptors (Lipinski definition) is 0. The monoisotopic (exact) mass is 244 g/mol. The highest BCUT2D eigenvalue weighted by atomic mass is 14.2. The normalized spacial score (nSPS) is 19.2. The summed E-state index contributed by atoms with van der Waals surface area (Å²) in [6, 6.07) is 17.5. The van der Waals surface area contributed by atoms with E-state index in [1.54, 1.807) is 5.57 Å². The van der Waals surface area contributed by atoms with E-state index in [4.69, 9.17) is 0 Å². The summed E-state index contributed by atoms with van der Waals surface area (Å²) in [5, 5.41) is 0. The lowest BCUT2D eigenvalue weighted by Crippen LogP contribution is -1.96. The van der Waals surface area contributed by atoms with Crippen LogP contribution in [0.5, 0.6) is 0 Å². The predicted molar refractivity (Wildman–Crippen MR) is 81.0 cm³/mol. The average Bonchev–Trinajstić information content (AvgIpc) is 3.03. The van der Waals surface area contributed by atoms with Gasteiger partial charge in [-0.25, -0.2) is 0 Å². The third-order valence-corrected chi connectivity index (χ3v) is 4.22. The van der Waals surface area contributed by atoms with Crippen molar-refractivity contribution in [3.63, 3.8) is 0 Å². The zero-order valence-corrected chi connectivity index (χ0v) is 10.8. The Morgan fingerprint density at radius 3 is 2.58 bits per heavy atom. The molecule has 0 fully saturated rings. The van der Waals surface area contributed by atoms with E-state index in [0.29, 0.717) is 5.92 Å². The lowest BCUT2D eigenvalue weighted by molar-refractivity contribution is 0.825. The maximum atomic E-state index is 2.38. The number of fused-ring (bicyclic) bond motifs is 2. The molecule has 2 aliphatic carbocycles. The number of allylic oxidation sites excluding steroid dienone is 2. The van der Waals surface area contributed by atoms with Crippen LogP contribution < -0.4 is 0 Å². The first-order valence-electron chi connectivity index (χ1n) is 6.94. The van der Waals surface area contributed by atoms with Crippen molar-refractivity contribution in [2.75, 3.05) is 0 Å². The molecule has 1 unspecified atom stereocenters. The summed E-state index contributed by atoms with van der Waals surface area (Å²) in [5.74, 6) is 0.566. The minimum Gasteiger partial charge on any atom is -0.0761 e. The van der Waals surface area contributed by atoms with Crippen LogP contribution in [0.2, 0.25) is 0 Å². The first kappa shape index (κ1) is 10.8. The Bertz CT molecular complexity index is 689. The van der Waals surface area contributed by atoms with E-state index in [9.17, 15) is 0 Å². The first-order chi connectivity index (χ1) is 9.40. The average molecular weight is 244 g/mol. The van der Waals surface area contributed by atoms with Crippen LogP contribution in [-0.4, -0.2) is 0 Å². The molecule has 0 heteroatoms. The van der Waals surface area contributed by atoms with Crippen molar-refractivity contribution in [2.24, 2.45) is 0 Å². The molecular weight excluding hydrogens is 228 g/mol. The van der Waals surface area contributed by atoms with Gasteiger partial charge in [0.25, 0.3) is 0 Å². The first-order valence-corrected chi connectivity index (χ1v) is 6.94. The fourth-order valence-corrected chi connectivity index (χ4v) is 3.27. The Labute approximate surface area is 114 Å². The molecule has 2 aromatic carbocycles. The molecule has 0 aromatic heterocycles. The summed E-state index contributed by atoms with van der Waals surface area (Å²) in [6.07, 6.45) is 9.28. The summed E-state index contributed by atoms with van der Waals surface area (Å²) >= 11 is 0. The highest BCUT2D eigenvalue weighted by Gasteiger charge is 2.20. The molecule has 0 nitrogen and oxygen atoms in total. The third-order valence-electron chi connectivity index (χ3n) is 4.22. The fraction of sp³-hybridized carbons (Fsp3) is 0.158. The standard InChI is InChI=1S/C19H16/c1-2-7-17-12-14(11-16(17)6-1)13-18-10-9-15-5-3-4-8-19(15)18/h1-11,18H,12-13H2. The van der Waals surface area contributed by atoms with Gasteiger partial charge < -0.3 is 0 Å². The Hall–Kier alpha value is -2.08. The summed E-state index contributed by atoms with van der Waals surface area (Å²) < 4.78 is 0. The number of benzene rings is 2. The minimum absolute atomic E-state index is 0.566. The highest BCUT2D eigenvalue weighted by Crippen LogP contribution is 2.37. The van der Waals surface area contributed by atoms with Gasteiger partial charge in [-0.2, -0.15) is 0 Å². The molecule has 0 amide bonds. The maximum absolute atomic E-state index is 2.38. The van der Waals surface area contributed by atoms with Crippen LogP contribution >= 0.6 is 0 Å². The van der Waals surface area contributed by atoms with Gasteiger partial charge in [-0.15, -0.1) is 0 Å². The van der Waals surface area contributed by atoms with Gasteiger partial charge in [-0.3, -0.25) is 0 Å². The van der Waals surface area contributed by atoms with Crippen LogP contribution in [0.1, 0.15) is 34.6 Å². The molecule has 0 spiro atoms. The topological polar surface area (TPSA) is 0 Å². The molecule has 0 N–H and O–H groups in total. The molecule has 0 bridgehead atoms. The van der Waals surface area contributed by atoms with Crippen molar-refractivity contribution in [3.05, 3.63) is 82.4 Å². The molecular formula is C19H16. The van der Waals surface area contributed by atoms with E-state index in [1.165, 1.54) is 22.3 Å². The van der Waals surface area contributed by atoms with Crippen LogP contribution in [0, 0.1) is 0 Å². The van der Waals surface area contributed by atoms with E-state index >= 15 is 0 Å². The van der Waals surface area contributed by atoms with E-state index in [2.05, 4.69) is 66.8 Å². The van der Waals surface area contributed by atoms with Gasteiger partial charge in [0.05, 0.1) is 0 Å². The van der Waals surface area contributed by atoms with Crippen LogP contribution in [0.25, 0.3) is 12.2 Å². The Kier molecular flexibility index (Phi) is 2.41. The van der Waals surface area contributed by atoms with Crippen LogP contribution in [0.15, 0.2) is 60.2 Å². The van der Waals surface area contributed by atoms with Crippen LogP contribution in [0.4, 0.5) is 0 Å². The van der Waals surface area contributed by atoms with Crippen molar-refractivity contribution < 1.29 is 0 Å². The van der Waals surface area contributed by atoms with Gasteiger partial charge in [-0.05, 0) is 35.1 Å². The summed E-state index contributed by atoms with van der Waals surface area (Å²) in [4.78, 5) is 0. The van der Waals surface area contributed by atoms with E-state index in [-0.39, 0.29) is 0 Å². The third kappa shape index (κ3) is 1.84. The molecule has 0 aliphatic heterocycles. The zero-order chi connectivity index (χ0) is 12.7. The second kappa shape index (κ2) is 4.24. The van der Waals surface area contributed by atoms with Crippen molar-refractivity contribution in [1.82, 2.24) is 0 Å². The van der Waals surface area contributed by atoms with Crippen LogP contribution in [-0.2, 0) is 6.42 Å². The smallest absolute Gasteiger partial charge is 0.00646 e. The lowest BCUT2D eigenvalue weighted by atomic mass is 9.93. The van der Waals surface area contributed by atoms with Gasteiger partial charge in [0.2, 0.25) is 0 Å². The summed E-state index contributed by atoms with van der Waals surface area (Å²) in [5.41, 5.74) is 7.33. The summed E-state index contributed by atoms with van der Waals surface area (Å²) in [7, 11) is 0. The number of rotatable bonds is 2. The lowest BCUT2D eigenvalue weighted by Gasteiger charge is -2.11. The molecule has 4 rings (SSSR count). The van der Waals surface area contributed by atoms with Crippen molar-refractivity contribution >= 4 is 12.2 Å². The van der Waals surface area contributed by atoms with Crippen LogP contribution in [0.3, 0.4) is 0 Å². The molecule has 0 saturated carbocycles. The van der Waals surface area contributed by atoms with Crippen molar-refractivity contribution in [2.45, 2.75) is 18.8 Å².